The minimum atomic E-state index is -0.385. The Morgan fingerprint density at radius 1 is 1.39 bits per heavy atom. The van der Waals surface area contributed by atoms with Crippen molar-refractivity contribution in [3.8, 4) is 0 Å². The van der Waals surface area contributed by atoms with Gasteiger partial charge in [0, 0.05) is 0 Å². The van der Waals surface area contributed by atoms with E-state index < -0.39 is 0 Å². The summed E-state index contributed by atoms with van der Waals surface area (Å²) in [6.07, 6.45) is 2.89. The molecule has 2 fully saturated rings. The third kappa shape index (κ3) is 4.09. The molecule has 6 heteroatoms. The van der Waals surface area contributed by atoms with Crippen LogP contribution in [-0.2, 0) is 14.1 Å². The van der Waals surface area contributed by atoms with Crippen molar-refractivity contribution < 1.29 is 14.1 Å². The number of hydrogen-bond donors (Lipinski definition) is 2. The van der Waals surface area contributed by atoms with Gasteiger partial charge in [0.05, 0.1) is 24.2 Å². The van der Waals surface area contributed by atoms with Crippen molar-refractivity contribution >= 4 is 13.0 Å². The van der Waals surface area contributed by atoms with Crippen LogP contribution in [0.2, 0.25) is 0 Å². The topological polar surface area (TPSA) is 73.6 Å². The molecule has 1 saturated carbocycles. The number of rotatable bonds is 5. The first kappa shape index (κ1) is 18.7. The lowest BCUT2D eigenvalue weighted by atomic mass is 9.63. The average Bonchev–Trinajstić information content (AvgIpc) is 2.73. The molecule has 2 rings (SSSR count). The summed E-state index contributed by atoms with van der Waals surface area (Å²) in [6, 6.07) is 0. The summed E-state index contributed by atoms with van der Waals surface area (Å²) >= 11 is 0. The Morgan fingerprint density at radius 3 is 2.61 bits per heavy atom. The molecule has 0 aromatic heterocycles. The van der Waals surface area contributed by atoms with E-state index in [1.54, 1.807) is 0 Å². The van der Waals surface area contributed by atoms with Gasteiger partial charge < -0.3 is 20.4 Å². The van der Waals surface area contributed by atoms with E-state index >= 15 is 0 Å². The van der Waals surface area contributed by atoms with Crippen LogP contribution >= 0.6 is 0 Å². The van der Waals surface area contributed by atoms with Gasteiger partial charge in [-0.1, -0.05) is 34.6 Å². The monoisotopic (exact) mass is 324 g/mol. The lowest BCUT2D eigenvalue weighted by Crippen LogP contribution is -2.51. The summed E-state index contributed by atoms with van der Waals surface area (Å²) in [5.74, 6) is 0.727. The van der Waals surface area contributed by atoms with Crippen LogP contribution in [-0.4, -0.2) is 37.2 Å². The molecule has 1 amide bonds. The fourth-order valence-corrected chi connectivity index (χ4v) is 4.04. The maximum Gasteiger partial charge on any atom is 0.481 e. The van der Waals surface area contributed by atoms with Crippen molar-refractivity contribution in [1.82, 2.24) is 5.32 Å². The molecule has 1 aliphatic carbocycles. The van der Waals surface area contributed by atoms with Crippen LogP contribution < -0.4 is 11.1 Å². The smallest absolute Gasteiger partial charge is 0.404 e. The van der Waals surface area contributed by atoms with Crippen LogP contribution in [0.3, 0.4) is 0 Å². The predicted octanol–water partition coefficient (Wildman–Crippen LogP) is 2.13. The van der Waals surface area contributed by atoms with Gasteiger partial charge in [-0.15, -0.1) is 0 Å². The number of carbonyl (C=O) groups is 1. The molecule has 1 saturated heterocycles. The molecule has 0 aromatic carbocycles. The van der Waals surface area contributed by atoms with Crippen molar-refractivity contribution in [1.29, 1.82) is 0 Å². The lowest BCUT2D eigenvalue weighted by Gasteiger charge is -2.47. The molecule has 23 heavy (non-hydrogen) atoms. The fourth-order valence-electron chi connectivity index (χ4n) is 4.04. The molecular weight excluding hydrogens is 291 g/mol. The Labute approximate surface area is 141 Å². The third-order valence-corrected chi connectivity index (χ3v) is 5.66. The minimum Gasteiger partial charge on any atom is -0.404 e. The quantitative estimate of drug-likeness (QED) is 0.760. The van der Waals surface area contributed by atoms with E-state index in [9.17, 15) is 4.79 Å². The maximum atomic E-state index is 11.8. The normalized spacial score (nSPS) is 34.3. The molecule has 0 unspecified atom stereocenters. The first-order valence-corrected chi connectivity index (χ1v) is 8.90. The Hall–Kier alpha value is -0.585. The highest BCUT2D eigenvalue weighted by atomic mass is 16.7. The van der Waals surface area contributed by atoms with Gasteiger partial charge in [0.2, 0.25) is 5.91 Å². The zero-order valence-electron chi connectivity index (χ0n) is 15.5. The second-order valence-corrected chi connectivity index (χ2v) is 8.73. The summed E-state index contributed by atoms with van der Waals surface area (Å²) in [6.45, 7) is 13.3. The van der Waals surface area contributed by atoms with Gasteiger partial charge in [-0.2, -0.15) is 0 Å². The maximum absolute atomic E-state index is 11.8. The van der Waals surface area contributed by atoms with Gasteiger partial charge >= 0.3 is 7.12 Å². The summed E-state index contributed by atoms with van der Waals surface area (Å²) in [5.41, 5.74) is 5.41. The second kappa shape index (κ2) is 6.73. The predicted molar refractivity (Wildman–Crippen MR) is 92.7 cm³/mol. The Morgan fingerprint density at radius 2 is 2.04 bits per heavy atom. The first-order chi connectivity index (χ1) is 10.6. The standard InChI is InChI=1S/C17H33BN2O3/c1-11(2)7-14(20-15(21)9-19)18-22-13-8-12(3)16(4,5)10-17(13,6)23-18/h11-14H,7-10,19H2,1-6H3,(H,20,21)/t12-,13+,14-,17-/m0/s1. The van der Waals surface area contributed by atoms with Crippen molar-refractivity contribution in [2.24, 2.45) is 23.0 Å². The largest absolute Gasteiger partial charge is 0.481 e. The van der Waals surface area contributed by atoms with Gasteiger partial charge in [-0.3, -0.25) is 4.79 Å². The van der Waals surface area contributed by atoms with E-state index in [4.69, 9.17) is 15.0 Å². The Balaban J connectivity index is 2.12. The highest BCUT2D eigenvalue weighted by Gasteiger charge is 2.57. The summed E-state index contributed by atoms with van der Waals surface area (Å²) in [4.78, 5) is 11.8. The van der Waals surface area contributed by atoms with E-state index in [-0.39, 0.29) is 42.6 Å². The summed E-state index contributed by atoms with van der Waals surface area (Å²) < 4.78 is 12.6. The van der Waals surface area contributed by atoms with Crippen LogP contribution in [0, 0.1) is 17.3 Å². The molecule has 3 N–H and O–H groups in total. The van der Waals surface area contributed by atoms with Crippen LogP contribution in [0.15, 0.2) is 0 Å². The highest BCUT2D eigenvalue weighted by molar-refractivity contribution is 6.47. The van der Waals surface area contributed by atoms with E-state index in [1.165, 1.54) is 0 Å². The van der Waals surface area contributed by atoms with Crippen molar-refractivity contribution in [3.63, 3.8) is 0 Å². The molecule has 132 valence electrons. The molecule has 1 aliphatic heterocycles. The molecule has 2 aliphatic rings. The Kier molecular flexibility index (Phi) is 5.49. The first-order valence-electron chi connectivity index (χ1n) is 8.90. The van der Waals surface area contributed by atoms with Crippen molar-refractivity contribution in [3.05, 3.63) is 0 Å². The SMILES string of the molecule is CC(C)C[C@H](NC(=O)CN)B1O[C@@H]2C[C@H](C)C(C)(C)C[C@]2(C)O1. The molecule has 0 aromatic rings. The molecule has 1 heterocycles. The second-order valence-electron chi connectivity index (χ2n) is 8.73. The zero-order valence-corrected chi connectivity index (χ0v) is 15.5. The van der Waals surface area contributed by atoms with E-state index in [2.05, 4.69) is 46.9 Å². The minimum absolute atomic E-state index is 0.00786. The summed E-state index contributed by atoms with van der Waals surface area (Å²) in [5, 5.41) is 2.98. The third-order valence-electron chi connectivity index (χ3n) is 5.66. The number of nitrogens with one attached hydrogen (secondary N) is 1. The molecule has 0 radical (unpaired) electrons. The zero-order chi connectivity index (χ0) is 17.4. The number of fused-ring (bicyclic) bond motifs is 1. The van der Waals surface area contributed by atoms with Crippen LogP contribution in [0.4, 0.5) is 0 Å². The van der Waals surface area contributed by atoms with Crippen LogP contribution in [0.5, 0.6) is 0 Å². The van der Waals surface area contributed by atoms with E-state index in [1.807, 2.05) is 0 Å². The lowest BCUT2D eigenvalue weighted by molar-refractivity contribution is -0.120. The molecule has 4 atom stereocenters. The van der Waals surface area contributed by atoms with Gasteiger partial charge in [-0.25, -0.2) is 0 Å². The molecule has 5 nitrogen and oxygen atoms in total. The Bertz CT molecular complexity index is 444. The van der Waals surface area contributed by atoms with Gasteiger partial charge in [0.15, 0.2) is 0 Å². The van der Waals surface area contributed by atoms with E-state index in [0.29, 0.717) is 11.8 Å². The number of carbonyl (C=O) groups excluding carboxylic acids is 1. The van der Waals surface area contributed by atoms with Crippen molar-refractivity contribution in [2.45, 2.75) is 78.5 Å². The van der Waals surface area contributed by atoms with Gasteiger partial charge in [0.1, 0.15) is 0 Å². The van der Waals surface area contributed by atoms with Gasteiger partial charge in [-0.05, 0) is 43.4 Å². The average molecular weight is 324 g/mol. The fraction of sp³-hybridized carbons (Fsp3) is 0.941. The van der Waals surface area contributed by atoms with E-state index in [0.717, 1.165) is 19.3 Å². The van der Waals surface area contributed by atoms with Crippen LogP contribution in [0.25, 0.3) is 0 Å². The number of nitrogens with two attached hydrogens (primary N) is 1. The van der Waals surface area contributed by atoms with Crippen LogP contribution in [0.1, 0.15) is 60.8 Å². The highest BCUT2D eigenvalue weighted by Crippen LogP contribution is 2.50. The molecular formula is C17H33BN2O3. The number of hydrogen-bond acceptors (Lipinski definition) is 4. The molecule has 0 bridgehead atoms. The van der Waals surface area contributed by atoms with Crippen molar-refractivity contribution in [2.75, 3.05) is 6.54 Å². The van der Waals surface area contributed by atoms with Gasteiger partial charge in [0.25, 0.3) is 0 Å². The molecule has 0 spiro atoms. The number of amides is 1. The summed E-state index contributed by atoms with van der Waals surface area (Å²) in [7, 11) is -0.385.